The van der Waals surface area contributed by atoms with Gasteiger partial charge in [-0.2, -0.15) is 13.2 Å². The fourth-order valence-electron chi connectivity index (χ4n) is 4.83. The number of hydrogen-bond donors (Lipinski definition) is 2. The zero-order valence-electron chi connectivity index (χ0n) is 22.1. The fourth-order valence-corrected chi connectivity index (χ4v) is 4.83. The summed E-state index contributed by atoms with van der Waals surface area (Å²) in [5, 5.41) is 12.3. The summed E-state index contributed by atoms with van der Waals surface area (Å²) < 4.78 is 84.7. The molecule has 2 N–H and O–H groups in total. The van der Waals surface area contributed by atoms with Crippen LogP contribution in [0.25, 0.3) is 22.0 Å². The number of nitrogens with one attached hydrogen (secondary N) is 1. The van der Waals surface area contributed by atoms with E-state index in [9.17, 15) is 36.2 Å². The largest absolute Gasteiger partial charge is 0.573 e. The van der Waals surface area contributed by atoms with Gasteiger partial charge in [0.15, 0.2) is 5.75 Å². The number of carboxylic acids is 1. The first-order valence-corrected chi connectivity index (χ1v) is 12.9. The lowest BCUT2D eigenvalue weighted by molar-refractivity contribution is -0.274. The summed E-state index contributed by atoms with van der Waals surface area (Å²) in [5.74, 6) is -2.13. The highest BCUT2D eigenvalue weighted by molar-refractivity contribution is 5.98. The molecule has 0 aliphatic rings. The number of para-hydroxylation sites is 1. The molecule has 0 saturated heterocycles. The molecule has 5 aromatic rings. The molecule has 5 nitrogen and oxygen atoms in total. The standard InChI is InChI=1S/C32H22F6N2O3/c33-31(34,35)25-11-5-10-24-28(23(18-40-29(24)25)14-19-6-2-1-3-7-19)21-9-4-8-20(15-21)17-39-26-13-12-22(30(41)42)16-27(26)43-32(36,37)38/h1-13,15-16,18,39H,14,17H2,(H,41,42). The van der Waals surface area contributed by atoms with Gasteiger partial charge in [0, 0.05) is 18.1 Å². The molecule has 1 aromatic heterocycles. The third kappa shape index (κ3) is 6.88. The summed E-state index contributed by atoms with van der Waals surface area (Å²) in [6.45, 7) is -0.000683. The lowest BCUT2D eigenvalue weighted by atomic mass is 9.91. The second-order valence-electron chi connectivity index (χ2n) is 9.64. The number of carboxylic acid groups (broad SMARTS) is 1. The molecular formula is C32H22F6N2O3. The first-order chi connectivity index (χ1) is 20.4. The predicted octanol–water partition coefficient (Wildman–Crippen LogP) is 8.72. The number of halogens is 6. The zero-order valence-corrected chi connectivity index (χ0v) is 22.1. The van der Waals surface area contributed by atoms with Gasteiger partial charge in [0.1, 0.15) is 0 Å². The molecule has 5 rings (SSSR count). The number of ether oxygens (including phenoxy) is 1. The van der Waals surface area contributed by atoms with E-state index in [2.05, 4.69) is 15.0 Å². The molecule has 0 fully saturated rings. The number of alkyl halides is 6. The Morgan fingerprint density at radius 2 is 1.56 bits per heavy atom. The molecule has 220 valence electrons. The van der Waals surface area contributed by atoms with Crippen molar-refractivity contribution in [2.75, 3.05) is 5.32 Å². The minimum absolute atomic E-state index is 0.000683. The number of fused-ring (bicyclic) bond motifs is 1. The second kappa shape index (κ2) is 11.7. The smallest absolute Gasteiger partial charge is 0.478 e. The Kier molecular flexibility index (Phi) is 7.99. The van der Waals surface area contributed by atoms with Crippen molar-refractivity contribution >= 4 is 22.6 Å². The minimum Gasteiger partial charge on any atom is -0.478 e. The molecule has 1 heterocycles. The Hall–Kier alpha value is -5.06. The molecule has 0 bridgehead atoms. The summed E-state index contributed by atoms with van der Waals surface area (Å²) in [7, 11) is 0. The maximum absolute atomic E-state index is 13.9. The molecule has 0 amide bonds. The number of hydrogen-bond acceptors (Lipinski definition) is 4. The normalized spacial score (nSPS) is 11.9. The van der Waals surface area contributed by atoms with Crippen molar-refractivity contribution in [1.82, 2.24) is 4.98 Å². The molecule has 0 unspecified atom stereocenters. The molecule has 0 radical (unpaired) electrons. The third-order valence-electron chi connectivity index (χ3n) is 6.67. The molecule has 43 heavy (non-hydrogen) atoms. The monoisotopic (exact) mass is 596 g/mol. The van der Waals surface area contributed by atoms with Gasteiger partial charge >= 0.3 is 18.5 Å². The van der Waals surface area contributed by atoms with E-state index >= 15 is 0 Å². The van der Waals surface area contributed by atoms with Gasteiger partial charge in [-0.05, 0) is 64.6 Å². The average Bonchev–Trinajstić information content (AvgIpc) is 2.95. The second-order valence-corrected chi connectivity index (χ2v) is 9.64. The van der Waals surface area contributed by atoms with E-state index in [1.807, 2.05) is 30.3 Å². The van der Waals surface area contributed by atoms with Crippen molar-refractivity contribution in [3.63, 3.8) is 0 Å². The lowest BCUT2D eigenvalue weighted by Gasteiger charge is -2.18. The number of carbonyl (C=O) groups is 1. The van der Waals surface area contributed by atoms with Gasteiger partial charge in [-0.3, -0.25) is 4.98 Å². The number of rotatable bonds is 8. The first-order valence-electron chi connectivity index (χ1n) is 12.9. The molecule has 0 spiro atoms. The predicted molar refractivity (Wildman–Crippen MR) is 149 cm³/mol. The Balaban J connectivity index is 1.55. The van der Waals surface area contributed by atoms with Gasteiger partial charge in [0.25, 0.3) is 0 Å². The highest BCUT2D eigenvalue weighted by Gasteiger charge is 2.34. The molecule has 0 saturated carbocycles. The van der Waals surface area contributed by atoms with Crippen molar-refractivity contribution in [2.45, 2.75) is 25.5 Å². The Labute approximate surface area is 241 Å². The summed E-state index contributed by atoms with van der Waals surface area (Å²) >= 11 is 0. The van der Waals surface area contributed by atoms with Crippen molar-refractivity contribution < 1.29 is 41.0 Å². The number of nitrogens with zero attached hydrogens (tertiary/aromatic N) is 1. The van der Waals surface area contributed by atoms with Crippen LogP contribution in [0.15, 0.2) is 97.2 Å². The third-order valence-corrected chi connectivity index (χ3v) is 6.67. The van der Waals surface area contributed by atoms with Crippen LogP contribution in [0.2, 0.25) is 0 Å². The minimum atomic E-state index is -5.06. The van der Waals surface area contributed by atoms with Crippen molar-refractivity contribution in [3.8, 4) is 16.9 Å². The molecule has 11 heteroatoms. The Morgan fingerprint density at radius 3 is 2.26 bits per heavy atom. The van der Waals surface area contributed by atoms with Crippen molar-refractivity contribution in [1.29, 1.82) is 0 Å². The Bertz CT molecular complexity index is 1790. The molecule has 0 atom stereocenters. The molecular weight excluding hydrogens is 574 g/mol. The van der Waals surface area contributed by atoms with Crippen LogP contribution in [-0.4, -0.2) is 22.4 Å². The SMILES string of the molecule is O=C(O)c1ccc(NCc2cccc(-c3c(Cc4ccccc4)cnc4c(C(F)(F)F)cccc34)c2)c(OC(F)(F)F)c1. The summed E-state index contributed by atoms with van der Waals surface area (Å²) in [5.41, 5.74) is 1.81. The van der Waals surface area contributed by atoms with E-state index in [0.29, 0.717) is 34.1 Å². The van der Waals surface area contributed by atoms with Crippen LogP contribution >= 0.6 is 0 Å². The fraction of sp³-hybridized carbons (Fsp3) is 0.125. The number of aromatic carboxylic acids is 1. The summed E-state index contributed by atoms with van der Waals surface area (Å²) in [6.07, 6.45) is -7.84. The van der Waals surface area contributed by atoms with Crippen molar-refractivity contribution in [2.24, 2.45) is 0 Å². The lowest BCUT2D eigenvalue weighted by Crippen LogP contribution is -2.18. The van der Waals surface area contributed by atoms with Gasteiger partial charge in [-0.15, -0.1) is 13.2 Å². The van der Waals surface area contributed by atoms with Crippen molar-refractivity contribution in [3.05, 3.63) is 125 Å². The number of anilines is 1. The number of aromatic nitrogens is 1. The van der Waals surface area contributed by atoms with Gasteiger partial charge in [0.05, 0.1) is 22.3 Å². The molecule has 0 aliphatic carbocycles. The summed E-state index contributed by atoms with van der Waals surface area (Å²) in [4.78, 5) is 15.5. The summed E-state index contributed by atoms with van der Waals surface area (Å²) in [6, 6.07) is 23.2. The van der Waals surface area contributed by atoms with E-state index in [4.69, 9.17) is 0 Å². The van der Waals surface area contributed by atoms with Gasteiger partial charge in [-0.1, -0.05) is 60.7 Å². The molecule has 4 aromatic carbocycles. The number of pyridine rings is 1. The highest BCUT2D eigenvalue weighted by atomic mass is 19.4. The van der Waals surface area contributed by atoms with E-state index in [0.717, 1.165) is 23.8 Å². The van der Waals surface area contributed by atoms with Crippen LogP contribution < -0.4 is 10.1 Å². The topological polar surface area (TPSA) is 71.5 Å². The van der Waals surface area contributed by atoms with Crippen LogP contribution in [0.4, 0.5) is 32.0 Å². The van der Waals surface area contributed by atoms with Crippen LogP contribution in [0, 0.1) is 0 Å². The van der Waals surface area contributed by atoms with E-state index in [-0.39, 0.29) is 23.3 Å². The van der Waals surface area contributed by atoms with E-state index in [1.165, 1.54) is 18.3 Å². The zero-order chi connectivity index (χ0) is 30.8. The average molecular weight is 597 g/mol. The van der Waals surface area contributed by atoms with E-state index in [1.54, 1.807) is 30.3 Å². The number of benzene rings is 4. The highest BCUT2D eigenvalue weighted by Crippen LogP contribution is 2.39. The first kappa shape index (κ1) is 29.4. The van der Waals surface area contributed by atoms with E-state index < -0.39 is 29.8 Å². The van der Waals surface area contributed by atoms with Gasteiger partial charge in [0.2, 0.25) is 0 Å². The van der Waals surface area contributed by atoms with Crippen LogP contribution in [0.1, 0.15) is 32.6 Å². The van der Waals surface area contributed by atoms with Gasteiger partial charge in [-0.25, -0.2) is 4.79 Å². The van der Waals surface area contributed by atoms with Crippen LogP contribution in [0.3, 0.4) is 0 Å². The van der Waals surface area contributed by atoms with Crippen LogP contribution in [-0.2, 0) is 19.1 Å². The maximum atomic E-state index is 13.9. The van der Waals surface area contributed by atoms with Crippen LogP contribution in [0.5, 0.6) is 5.75 Å². The molecule has 0 aliphatic heterocycles. The quantitative estimate of drug-likeness (QED) is 0.175. The Morgan fingerprint density at radius 1 is 0.837 bits per heavy atom. The van der Waals surface area contributed by atoms with Gasteiger partial charge < -0.3 is 15.2 Å². The maximum Gasteiger partial charge on any atom is 0.573 e.